The van der Waals surface area contributed by atoms with Crippen LogP contribution in [0, 0.1) is 6.92 Å². The lowest BCUT2D eigenvalue weighted by molar-refractivity contribution is 0.102. The summed E-state index contributed by atoms with van der Waals surface area (Å²) < 4.78 is 4.94. The third kappa shape index (κ3) is 2.82. The van der Waals surface area contributed by atoms with Crippen LogP contribution in [0.3, 0.4) is 0 Å². The monoisotopic (exact) mass is 258 g/mol. The van der Waals surface area contributed by atoms with Gasteiger partial charge in [-0.1, -0.05) is 6.07 Å². The minimum Gasteiger partial charge on any atom is -0.508 e. The molecule has 0 radical (unpaired) electrons. The van der Waals surface area contributed by atoms with Gasteiger partial charge in [0.05, 0.1) is 19.0 Å². The molecular weight excluding hydrogens is 244 g/mol. The van der Waals surface area contributed by atoms with Crippen LogP contribution in [0.25, 0.3) is 0 Å². The Hall–Kier alpha value is -2.56. The van der Waals surface area contributed by atoms with Gasteiger partial charge in [-0.15, -0.1) is 0 Å². The van der Waals surface area contributed by atoms with Crippen molar-refractivity contribution in [2.75, 3.05) is 12.4 Å². The summed E-state index contributed by atoms with van der Waals surface area (Å²) in [7, 11) is 1.52. The predicted octanol–water partition coefficient (Wildman–Crippen LogP) is 2.36. The van der Waals surface area contributed by atoms with E-state index in [2.05, 4.69) is 10.3 Å². The molecule has 5 heteroatoms. The second kappa shape index (κ2) is 5.39. The van der Waals surface area contributed by atoms with Crippen molar-refractivity contribution >= 4 is 11.6 Å². The summed E-state index contributed by atoms with van der Waals surface area (Å²) in [4.78, 5) is 16.1. The molecule has 0 spiro atoms. The van der Waals surface area contributed by atoms with Crippen molar-refractivity contribution in [2.24, 2.45) is 0 Å². The smallest absolute Gasteiger partial charge is 0.256 e. The molecule has 19 heavy (non-hydrogen) atoms. The van der Waals surface area contributed by atoms with Crippen LogP contribution in [0.5, 0.6) is 11.6 Å². The van der Waals surface area contributed by atoms with E-state index in [1.807, 2.05) is 0 Å². The Morgan fingerprint density at radius 2 is 2.11 bits per heavy atom. The Morgan fingerprint density at radius 1 is 1.32 bits per heavy atom. The van der Waals surface area contributed by atoms with Crippen LogP contribution >= 0.6 is 0 Å². The number of hydrogen-bond acceptors (Lipinski definition) is 4. The molecule has 2 rings (SSSR count). The number of phenols is 1. The summed E-state index contributed by atoms with van der Waals surface area (Å²) in [5.41, 5.74) is 1.53. The molecule has 5 nitrogen and oxygen atoms in total. The summed E-state index contributed by atoms with van der Waals surface area (Å²) in [5, 5.41) is 12.3. The lowest BCUT2D eigenvalue weighted by Crippen LogP contribution is -2.13. The van der Waals surface area contributed by atoms with E-state index < -0.39 is 0 Å². The molecule has 0 atom stereocenters. The molecule has 2 aromatic rings. The third-order valence-electron chi connectivity index (χ3n) is 2.75. The molecule has 0 fully saturated rings. The van der Waals surface area contributed by atoms with Crippen LogP contribution < -0.4 is 10.1 Å². The number of phenolic OH excluding ortho intramolecular Hbond substituents is 1. The fourth-order valence-corrected chi connectivity index (χ4v) is 1.64. The highest BCUT2D eigenvalue weighted by molar-refractivity contribution is 6.05. The SMILES string of the molecule is COc1ccc(NC(=O)c2cccc(O)c2C)cn1. The highest BCUT2D eigenvalue weighted by atomic mass is 16.5. The fourth-order valence-electron chi connectivity index (χ4n) is 1.64. The number of pyridine rings is 1. The van der Waals surface area contributed by atoms with Crippen molar-refractivity contribution in [3.63, 3.8) is 0 Å². The molecule has 1 heterocycles. The van der Waals surface area contributed by atoms with Gasteiger partial charge in [-0.3, -0.25) is 4.79 Å². The molecule has 1 amide bonds. The van der Waals surface area contributed by atoms with Gasteiger partial charge in [0.2, 0.25) is 5.88 Å². The van der Waals surface area contributed by atoms with Gasteiger partial charge in [-0.25, -0.2) is 4.98 Å². The maximum absolute atomic E-state index is 12.1. The third-order valence-corrected chi connectivity index (χ3v) is 2.75. The number of hydrogen-bond donors (Lipinski definition) is 2. The van der Waals surface area contributed by atoms with Gasteiger partial charge in [0.25, 0.3) is 5.91 Å². The van der Waals surface area contributed by atoms with Gasteiger partial charge in [-0.05, 0) is 25.1 Å². The lowest BCUT2D eigenvalue weighted by Gasteiger charge is -2.08. The summed E-state index contributed by atoms with van der Waals surface area (Å²) in [6.07, 6.45) is 1.51. The van der Waals surface area contributed by atoms with Crippen molar-refractivity contribution < 1.29 is 14.6 Å². The standard InChI is InChI=1S/C14H14N2O3/c1-9-11(4-3-5-12(9)17)14(18)16-10-6-7-13(19-2)15-8-10/h3-8,17H,1-2H3,(H,16,18). The van der Waals surface area contributed by atoms with Crippen molar-refractivity contribution in [1.82, 2.24) is 4.98 Å². The van der Waals surface area contributed by atoms with Gasteiger partial charge >= 0.3 is 0 Å². The first-order chi connectivity index (χ1) is 9.11. The van der Waals surface area contributed by atoms with Crippen LogP contribution in [-0.4, -0.2) is 23.1 Å². The molecule has 0 aliphatic heterocycles. The maximum Gasteiger partial charge on any atom is 0.256 e. The number of rotatable bonds is 3. The molecular formula is C14H14N2O3. The van der Waals surface area contributed by atoms with E-state index in [-0.39, 0.29) is 11.7 Å². The number of nitrogens with one attached hydrogen (secondary N) is 1. The Labute approximate surface area is 110 Å². The summed E-state index contributed by atoms with van der Waals surface area (Å²) in [6.45, 7) is 1.69. The van der Waals surface area contributed by atoms with E-state index >= 15 is 0 Å². The number of aromatic nitrogens is 1. The number of anilines is 1. The lowest BCUT2D eigenvalue weighted by atomic mass is 10.1. The Morgan fingerprint density at radius 3 is 2.74 bits per heavy atom. The number of methoxy groups -OCH3 is 1. The first-order valence-electron chi connectivity index (χ1n) is 5.72. The Balaban J connectivity index is 2.18. The molecule has 98 valence electrons. The zero-order valence-corrected chi connectivity index (χ0v) is 10.7. The van der Waals surface area contributed by atoms with Crippen molar-refractivity contribution in [1.29, 1.82) is 0 Å². The molecule has 0 saturated heterocycles. The van der Waals surface area contributed by atoms with Crippen molar-refractivity contribution in [3.05, 3.63) is 47.7 Å². The average Bonchev–Trinajstić information content (AvgIpc) is 2.42. The molecule has 0 saturated carbocycles. The van der Waals surface area contributed by atoms with Gasteiger partial charge in [0.15, 0.2) is 0 Å². The highest BCUT2D eigenvalue weighted by Crippen LogP contribution is 2.20. The largest absolute Gasteiger partial charge is 0.508 e. The maximum atomic E-state index is 12.1. The van der Waals surface area contributed by atoms with Gasteiger partial charge in [0, 0.05) is 17.2 Å². The van der Waals surface area contributed by atoms with Gasteiger partial charge in [-0.2, -0.15) is 0 Å². The van der Waals surface area contributed by atoms with E-state index in [4.69, 9.17) is 4.74 Å². The molecule has 0 aliphatic rings. The van der Waals surface area contributed by atoms with Gasteiger partial charge < -0.3 is 15.2 Å². The van der Waals surface area contributed by atoms with Crippen LogP contribution in [0.1, 0.15) is 15.9 Å². The topological polar surface area (TPSA) is 71.5 Å². The van der Waals surface area contributed by atoms with E-state index in [0.29, 0.717) is 22.7 Å². The molecule has 0 unspecified atom stereocenters. The zero-order chi connectivity index (χ0) is 13.8. The van der Waals surface area contributed by atoms with E-state index in [0.717, 1.165) is 0 Å². The second-order valence-corrected chi connectivity index (χ2v) is 3.99. The molecule has 0 bridgehead atoms. The zero-order valence-electron chi connectivity index (χ0n) is 10.7. The first kappa shape index (κ1) is 12.9. The van der Waals surface area contributed by atoms with E-state index in [1.54, 1.807) is 37.3 Å². The number of ether oxygens (including phenoxy) is 1. The fraction of sp³-hybridized carbons (Fsp3) is 0.143. The number of aromatic hydroxyl groups is 1. The van der Waals surface area contributed by atoms with Crippen molar-refractivity contribution in [3.8, 4) is 11.6 Å². The number of benzene rings is 1. The van der Waals surface area contributed by atoms with E-state index in [1.165, 1.54) is 13.3 Å². The Bertz CT molecular complexity index is 594. The number of amides is 1. The number of carbonyl (C=O) groups is 1. The molecule has 0 aliphatic carbocycles. The number of nitrogens with zero attached hydrogens (tertiary/aromatic N) is 1. The van der Waals surface area contributed by atoms with Crippen LogP contribution in [0.2, 0.25) is 0 Å². The summed E-state index contributed by atoms with van der Waals surface area (Å²) in [6, 6.07) is 8.18. The Kier molecular flexibility index (Phi) is 3.66. The van der Waals surface area contributed by atoms with Crippen LogP contribution in [0.15, 0.2) is 36.5 Å². The predicted molar refractivity (Wildman–Crippen MR) is 71.6 cm³/mol. The second-order valence-electron chi connectivity index (χ2n) is 3.99. The highest BCUT2D eigenvalue weighted by Gasteiger charge is 2.11. The van der Waals surface area contributed by atoms with Crippen LogP contribution in [-0.2, 0) is 0 Å². The normalized spacial score (nSPS) is 10.0. The molecule has 1 aromatic carbocycles. The quantitative estimate of drug-likeness (QED) is 0.886. The van der Waals surface area contributed by atoms with Crippen LogP contribution in [0.4, 0.5) is 5.69 Å². The minimum absolute atomic E-state index is 0.0977. The minimum atomic E-state index is -0.291. The molecule has 1 aromatic heterocycles. The van der Waals surface area contributed by atoms with E-state index in [9.17, 15) is 9.90 Å². The molecule has 2 N–H and O–H groups in total. The summed E-state index contributed by atoms with van der Waals surface area (Å²) in [5.74, 6) is 0.285. The van der Waals surface area contributed by atoms with Gasteiger partial charge in [0.1, 0.15) is 5.75 Å². The van der Waals surface area contributed by atoms with Crippen molar-refractivity contribution in [2.45, 2.75) is 6.92 Å². The average molecular weight is 258 g/mol. The summed E-state index contributed by atoms with van der Waals surface area (Å²) >= 11 is 0. The first-order valence-corrected chi connectivity index (χ1v) is 5.72. The number of carbonyl (C=O) groups excluding carboxylic acids is 1.